The molecule has 1 amide bonds. The van der Waals surface area contributed by atoms with Crippen molar-refractivity contribution in [3.8, 4) is 0 Å². The lowest BCUT2D eigenvalue weighted by molar-refractivity contribution is 0.0929. The molecule has 3 heterocycles. The van der Waals surface area contributed by atoms with Gasteiger partial charge in [-0.05, 0) is 69.0 Å². The SMILES string of the molecule is Cc1cncc(N2CCCc3nc(C4(NC(=O)c5ccc(F)cc5)CC4)ccc32)n1. The van der Waals surface area contributed by atoms with Gasteiger partial charge in [0.05, 0.1) is 34.5 Å². The Morgan fingerprint density at radius 3 is 2.63 bits per heavy atom. The quantitative estimate of drug-likeness (QED) is 0.717. The van der Waals surface area contributed by atoms with Crippen LogP contribution in [0.15, 0.2) is 48.8 Å². The zero-order valence-corrected chi connectivity index (χ0v) is 16.7. The van der Waals surface area contributed by atoms with Crippen molar-refractivity contribution in [1.29, 1.82) is 0 Å². The summed E-state index contributed by atoms with van der Waals surface area (Å²) >= 11 is 0. The average Bonchev–Trinajstić information content (AvgIpc) is 3.54. The number of carbonyl (C=O) groups is 1. The van der Waals surface area contributed by atoms with E-state index in [1.807, 2.05) is 13.0 Å². The minimum absolute atomic E-state index is 0.205. The van der Waals surface area contributed by atoms with Crippen LogP contribution >= 0.6 is 0 Å². The van der Waals surface area contributed by atoms with E-state index in [9.17, 15) is 9.18 Å². The molecular formula is C23H22FN5O. The number of anilines is 2. The van der Waals surface area contributed by atoms with Gasteiger partial charge in [0.15, 0.2) is 5.82 Å². The van der Waals surface area contributed by atoms with Crippen molar-refractivity contribution >= 4 is 17.4 Å². The molecule has 0 spiro atoms. The maximum absolute atomic E-state index is 13.1. The Bertz CT molecular complexity index is 1110. The maximum atomic E-state index is 13.1. The first-order valence-electron chi connectivity index (χ1n) is 10.2. The Labute approximate surface area is 174 Å². The molecule has 30 heavy (non-hydrogen) atoms. The zero-order valence-electron chi connectivity index (χ0n) is 16.7. The molecule has 0 radical (unpaired) electrons. The first-order chi connectivity index (χ1) is 14.5. The molecule has 0 bridgehead atoms. The van der Waals surface area contributed by atoms with Gasteiger partial charge >= 0.3 is 0 Å². The topological polar surface area (TPSA) is 71.0 Å². The largest absolute Gasteiger partial charge is 0.341 e. The number of pyridine rings is 1. The summed E-state index contributed by atoms with van der Waals surface area (Å²) in [4.78, 5) is 28.6. The van der Waals surface area contributed by atoms with Crippen molar-refractivity contribution in [3.63, 3.8) is 0 Å². The van der Waals surface area contributed by atoms with Crippen LogP contribution in [0.1, 0.15) is 46.7 Å². The van der Waals surface area contributed by atoms with Gasteiger partial charge in [-0.25, -0.2) is 9.37 Å². The maximum Gasteiger partial charge on any atom is 0.252 e. The second-order valence-electron chi connectivity index (χ2n) is 7.98. The highest BCUT2D eigenvalue weighted by molar-refractivity contribution is 5.95. The van der Waals surface area contributed by atoms with Gasteiger partial charge < -0.3 is 10.2 Å². The van der Waals surface area contributed by atoms with Crippen LogP contribution in [0.4, 0.5) is 15.9 Å². The molecule has 1 saturated carbocycles. The van der Waals surface area contributed by atoms with Crippen molar-refractivity contribution in [2.45, 2.75) is 38.1 Å². The summed E-state index contributed by atoms with van der Waals surface area (Å²) in [6.45, 7) is 2.81. The molecule has 0 unspecified atom stereocenters. The summed E-state index contributed by atoms with van der Waals surface area (Å²) in [5.74, 6) is 0.270. The second-order valence-corrected chi connectivity index (χ2v) is 7.98. The third-order valence-corrected chi connectivity index (χ3v) is 5.75. The molecule has 2 aliphatic rings. The number of rotatable bonds is 4. The van der Waals surface area contributed by atoms with Crippen LogP contribution in [0.25, 0.3) is 0 Å². The van der Waals surface area contributed by atoms with Crippen LogP contribution in [0.2, 0.25) is 0 Å². The predicted molar refractivity (Wildman–Crippen MR) is 111 cm³/mol. The fourth-order valence-electron chi connectivity index (χ4n) is 3.99. The van der Waals surface area contributed by atoms with Crippen LogP contribution < -0.4 is 10.2 Å². The molecule has 1 aliphatic heterocycles. The number of halogens is 1. The van der Waals surface area contributed by atoms with Crippen LogP contribution in [0.5, 0.6) is 0 Å². The number of fused-ring (bicyclic) bond motifs is 1. The molecule has 0 atom stereocenters. The summed E-state index contributed by atoms with van der Waals surface area (Å²) in [5.41, 5.74) is 3.84. The molecule has 1 fully saturated rings. The molecule has 1 aliphatic carbocycles. The second kappa shape index (κ2) is 7.16. The Balaban J connectivity index is 1.41. The molecule has 1 aromatic carbocycles. The highest BCUT2D eigenvalue weighted by atomic mass is 19.1. The Hall–Kier alpha value is -3.35. The van der Waals surface area contributed by atoms with E-state index in [2.05, 4.69) is 26.3 Å². The van der Waals surface area contributed by atoms with Gasteiger partial charge in [-0.2, -0.15) is 0 Å². The summed E-state index contributed by atoms with van der Waals surface area (Å²) in [5, 5.41) is 3.12. The standard InChI is InChI=1S/C23H22FN5O/c1-15-13-25-14-21(26-15)29-12-2-3-18-19(29)8-9-20(27-18)23(10-11-23)28-22(30)16-4-6-17(24)7-5-16/h4-9,13-14H,2-3,10-12H2,1H3,(H,28,30). The van der Waals surface area contributed by atoms with Gasteiger partial charge in [0, 0.05) is 18.3 Å². The van der Waals surface area contributed by atoms with Gasteiger partial charge in [0.2, 0.25) is 0 Å². The summed E-state index contributed by atoms with van der Waals surface area (Å²) in [6.07, 6.45) is 7.09. The van der Waals surface area contributed by atoms with E-state index in [0.29, 0.717) is 5.56 Å². The lowest BCUT2D eigenvalue weighted by atomic mass is 10.0. The number of nitrogens with one attached hydrogen (secondary N) is 1. The van der Waals surface area contributed by atoms with Crippen LogP contribution in [-0.2, 0) is 12.0 Å². The number of aryl methyl sites for hydroxylation is 2. The Kier molecular flexibility index (Phi) is 4.46. The van der Waals surface area contributed by atoms with Crippen molar-refractivity contribution in [3.05, 3.63) is 77.3 Å². The zero-order chi connectivity index (χ0) is 20.7. The third kappa shape index (κ3) is 3.40. The molecule has 5 rings (SSSR count). The first-order valence-corrected chi connectivity index (χ1v) is 10.2. The minimum atomic E-state index is -0.439. The van der Waals surface area contributed by atoms with E-state index in [1.165, 1.54) is 24.3 Å². The minimum Gasteiger partial charge on any atom is -0.341 e. The van der Waals surface area contributed by atoms with Crippen molar-refractivity contribution in [2.24, 2.45) is 0 Å². The summed E-state index contributed by atoms with van der Waals surface area (Å²) in [6, 6.07) is 9.68. The van der Waals surface area contributed by atoms with Gasteiger partial charge in [-0.1, -0.05) is 0 Å². The number of hydrogen-bond acceptors (Lipinski definition) is 5. The predicted octanol–water partition coefficient (Wildman–Crippen LogP) is 3.82. The van der Waals surface area contributed by atoms with Crippen LogP contribution in [-0.4, -0.2) is 27.4 Å². The monoisotopic (exact) mass is 403 g/mol. The third-order valence-electron chi connectivity index (χ3n) is 5.75. The fourth-order valence-corrected chi connectivity index (χ4v) is 3.99. The number of benzene rings is 1. The number of carbonyl (C=O) groups excluding carboxylic acids is 1. The lowest BCUT2D eigenvalue weighted by Gasteiger charge is -2.30. The smallest absolute Gasteiger partial charge is 0.252 e. The van der Waals surface area contributed by atoms with E-state index in [0.717, 1.165) is 60.8 Å². The first kappa shape index (κ1) is 18.7. The molecular weight excluding hydrogens is 381 g/mol. The van der Waals surface area contributed by atoms with Crippen molar-refractivity contribution in [1.82, 2.24) is 20.3 Å². The van der Waals surface area contributed by atoms with Crippen molar-refractivity contribution < 1.29 is 9.18 Å². The van der Waals surface area contributed by atoms with E-state index >= 15 is 0 Å². The van der Waals surface area contributed by atoms with E-state index < -0.39 is 5.54 Å². The number of nitrogens with zero attached hydrogens (tertiary/aromatic N) is 4. The van der Waals surface area contributed by atoms with Gasteiger partial charge in [-0.15, -0.1) is 0 Å². The normalized spacial score (nSPS) is 16.7. The molecule has 7 heteroatoms. The highest BCUT2D eigenvalue weighted by Gasteiger charge is 2.47. The van der Waals surface area contributed by atoms with Gasteiger partial charge in [-0.3, -0.25) is 14.8 Å². The molecule has 3 aromatic rings. The molecule has 6 nitrogen and oxygen atoms in total. The fraction of sp³-hybridized carbons (Fsp3) is 0.304. The highest BCUT2D eigenvalue weighted by Crippen LogP contribution is 2.46. The van der Waals surface area contributed by atoms with E-state index in [1.54, 1.807) is 12.4 Å². The van der Waals surface area contributed by atoms with Crippen LogP contribution in [0.3, 0.4) is 0 Å². The average molecular weight is 403 g/mol. The number of amides is 1. The molecule has 152 valence electrons. The summed E-state index contributed by atoms with van der Waals surface area (Å²) < 4.78 is 13.1. The number of aromatic nitrogens is 3. The van der Waals surface area contributed by atoms with Gasteiger partial charge in [0.1, 0.15) is 5.82 Å². The Morgan fingerprint density at radius 2 is 1.90 bits per heavy atom. The molecule has 2 aromatic heterocycles. The lowest BCUT2D eigenvalue weighted by Crippen LogP contribution is -2.36. The number of hydrogen-bond donors (Lipinski definition) is 1. The van der Waals surface area contributed by atoms with Gasteiger partial charge in [0.25, 0.3) is 5.91 Å². The molecule has 1 N–H and O–H groups in total. The van der Waals surface area contributed by atoms with Crippen LogP contribution in [0, 0.1) is 12.7 Å². The Morgan fingerprint density at radius 1 is 1.10 bits per heavy atom. The molecule has 0 saturated heterocycles. The van der Waals surface area contributed by atoms with Crippen molar-refractivity contribution in [2.75, 3.05) is 11.4 Å². The van der Waals surface area contributed by atoms with E-state index in [-0.39, 0.29) is 11.7 Å². The summed E-state index contributed by atoms with van der Waals surface area (Å²) in [7, 11) is 0. The van der Waals surface area contributed by atoms with E-state index in [4.69, 9.17) is 4.98 Å².